The molecule has 180 valence electrons. The molecule has 9 heteroatoms. The van der Waals surface area contributed by atoms with Gasteiger partial charge in [0.2, 0.25) is 5.95 Å². The monoisotopic (exact) mass is 473 g/mol. The second-order valence-corrected chi connectivity index (χ2v) is 10.4. The molecule has 0 atom stereocenters. The van der Waals surface area contributed by atoms with Crippen molar-refractivity contribution in [3.63, 3.8) is 0 Å². The van der Waals surface area contributed by atoms with Gasteiger partial charge in [-0.2, -0.15) is 4.98 Å². The smallest absolute Gasteiger partial charge is 0.278 e. The Bertz CT molecular complexity index is 1510. The second-order valence-electron chi connectivity index (χ2n) is 10.4. The van der Waals surface area contributed by atoms with Crippen LogP contribution in [0.2, 0.25) is 0 Å². The molecule has 0 amide bonds. The first kappa shape index (κ1) is 21.9. The lowest BCUT2D eigenvalue weighted by molar-refractivity contribution is 0.493. The SMILES string of the molecule is CC(C)(C)c1nc(-n2c3nc(Nc4ccc5c(c4)CCNC5)ncc3c(=O)n2C2CC2)ccc1F. The number of aromatic nitrogens is 5. The van der Waals surface area contributed by atoms with E-state index in [1.54, 1.807) is 21.6 Å². The van der Waals surface area contributed by atoms with Gasteiger partial charge in [0.25, 0.3) is 5.56 Å². The van der Waals surface area contributed by atoms with Crippen molar-refractivity contribution in [2.24, 2.45) is 0 Å². The predicted molar refractivity (Wildman–Crippen MR) is 133 cm³/mol. The molecule has 4 aromatic rings. The molecule has 6 rings (SSSR count). The van der Waals surface area contributed by atoms with E-state index >= 15 is 0 Å². The highest BCUT2D eigenvalue weighted by atomic mass is 19.1. The molecule has 2 aliphatic rings. The van der Waals surface area contributed by atoms with Gasteiger partial charge in [-0.3, -0.25) is 4.79 Å². The number of nitrogens with one attached hydrogen (secondary N) is 2. The van der Waals surface area contributed by atoms with E-state index in [4.69, 9.17) is 4.98 Å². The summed E-state index contributed by atoms with van der Waals surface area (Å²) in [6.45, 7) is 7.59. The summed E-state index contributed by atoms with van der Waals surface area (Å²) in [5.74, 6) is 0.505. The number of anilines is 2. The average molecular weight is 474 g/mol. The first-order valence-electron chi connectivity index (χ1n) is 12.1. The molecule has 8 nitrogen and oxygen atoms in total. The summed E-state index contributed by atoms with van der Waals surface area (Å²) in [5, 5.41) is 7.10. The van der Waals surface area contributed by atoms with Crippen LogP contribution in [0, 0.1) is 5.82 Å². The zero-order valence-electron chi connectivity index (χ0n) is 20.1. The van der Waals surface area contributed by atoms with Crippen LogP contribution in [-0.4, -0.2) is 30.9 Å². The Kier molecular flexibility index (Phi) is 5.00. The van der Waals surface area contributed by atoms with Crippen molar-refractivity contribution in [2.75, 3.05) is 11.9 Å². The van der Waals surface area contributed by atoms with Crippen LogP contribution in [0.25, 0.3) is 16.9 Å². The third-order valence-electron chi connectivity index (χ3n) is 6.62. The molecule has 35 heavy (non-hydrogen) atoms. The Labute approximate surface area is 202 Å². The fourth-order valence-electron chi connectivity index (χ4n) is 4.69. The number of benzene rings is 1. The van der Waals surface area contributed by atoms with Crippen molar-refractivity contribution in [2.45, 2.75) is 58.0 Å². The number of rotatable bonds is 4. The maximum absolute atomic E-state index is 14.6. The summed E-state index contributed by atoms with van der Waals surface area (Å²) >= 11 is 0. The van der Waals surface area contributed by atoms with Crippen molar-refractivity contribution in [1.29, 1.82) is 0 Å². The highest BCUT2D eigenvalue weighted by Gasteiger charge is 2.32. The number of fused-ring (bicyclic) bond motifs is 2. The molecule has 0 bridgehead atoms. The van der Waals surface area contributed by atoms with Crippen LogP contribution in [0.3, 0.4) is 0 Å². The van der Waals surface area contributed by atoms with Gasteiger partial charge in [0, 0.05) is 23.8 Å². The lowest BCUT2D eigenvalue weighted by atomic mass is 9.91. The predicted octanol–water partition coefficient (Wildman–Crippen LogP) is 4.14. The Morgan fingerprint density at radius 3 is 2.71 bits per heavy atom. The van der Waals surface area contributed by atoms with Gasteiger partial charge in [0.1, 0.15) is 11.2 Å². The third-order valence-corrected chi connectivity index (χ3v) is 6.62. The summed E-state index contributed by atoms with van der Waals surface area (Å²) in [6.07, 6.45) is 4.36. The maximum atomic E-state index is 14.6. The van der Waals surface area contributed by atoms with E-state index < -0.39 is 5.41 Å². The van der Waals surface area contributed by atoms with Crippen molar-refractivity contribution in [3.8, 4) is 5.82 Å². The molecule has 3 aromatic heterocycles. The quantitative estimate of drug-likeness (QED) is 0.463. The fourth-order valence-corrected chi connectivity index (χ4v) is 4.69. The summed E-state index contributed by atoms with van der Waals surface area (Å²) in [7, 11) is 0. The molecule has 1 aromatic carbocycles. The number of nitrogens with zero attached hydrogens (tertiary/aromatic N) is 5. The van der Waals surface area contributed by atoms with Crippen LogP contribution >= 0.6 is 0 Å². The van der Waals surface area contributed by atoms with Gasteiger partial charge < -0.3 is 10.6 Å². The number of halogens is 1. The Morgan fingerprint density at radius 2 is 1.94 bits per heavy atom. The molecule has 0 unspecified atom stereocenters. The first-order valence-corrected chi connectivity index (χ1v) is 12.1. The molecular weight excluding hydrogens is 445 g/mol. The molecule has 0 saturated heterocycles. The fraction of sp³-hybridized carbons (Fsp3) is 0.385. The van der Waals surface area contributed by atoms with Crippen LogP contribution in [0.4, 0.5) is 16.0 Å². The number of pyridine rings is 1. The molecule has 0 radical (unpaired) electrons. The average Bonchev–Trinajstić information content (AvgIpc) is 3.63. The third kappa shape index (κ3) is 3.89. The zero-order valence-corrected chi connectivity index (χ0v) is 20.1. The van der Waals surface area contributed by atoms with E-state index in [-0.39, 0.29) is 17.4 Å². The largest absolute Gasteiger partial charge is 0.324 e. The van der Waals surface area contributed by atoms with Crippen molar-refractivity contribution in [3.05, 3.63) is 69.5 Å². The van der Waals surface area contributed by atoms with Crippen LogP contribution in [-0.2, 0) is 18.4 Å². The second kappa shape index (κ2) is 7.98. The minimum atomic E-state index is -0.489. The maximum Gasteiger partial charge on any atom is 0.278 e. The Morgan fingerprint density at radius 1 is 1.11 bits per heavy atom. The Hall–Kier alpha value is -3.59. The molecule has 1 aliphatic carbocycles. The van der Waals surface area contributed by atoms with Crippen LogP contribution in [0.5, 0.6) is 0 Å². The van der Waals surface area contributed by atoms with E-state index in [0.717, 1.165) is 38.0 Å². The zero-order chi connectivity index (χ0) is 24.3. The van der Waals surface area contributed by atoms with Gasteiger partial charge in [0.15, 0.2) is 11.5 Å². The Balaban J connectivity index is 1.48. The van der Waals surface area contributed by atoms with Crippen LogP contribution in [0.15, 0.2) is 41.3 Å². The number of hydrogen-bond acceptors (Lipinski definition) is 6. The minimum Gasteiger partial charge on any atom is -0.324 e. The van der Waals surface area contributed by atoms with E-state index in [2.05, 4.69) is 32.7 Å². The van der Waals surface area contributed by atoms with Crippen LogP contribution < -0.4 is 16.2 Å². The van der Waals surface area contributed by atoms with Gasteiger partial charge in [-0.25, -0.2) is 23.7 Å². The highest BCUT2D eigenvalue weighted by Crippen LogP contribution is 2.36. The van der Waals surface area contributed by atoms with Crippen molar-refractivity contribution in [1.82, 2.24) is 29.6 Å². The van der Waals surface area contributed by atoms with Gasteiger partial charge >= 0.3 is 0 Å². The van der Waals surface area contributed by atoms with Crippen molar-refractivity contribution < 1.29 is 4.39 Å². The standard InChI is InChI=1S/C26H28FN7O/c1-26(2,3)22-20(27)8-9-21(31-22)34-23-19(24(35)33(34)18-6-7-18)14-29-25(32-23)30-17-5-4-16-13-28-11-10-15(16)12-17/h4-5,8-9,12,14,18,28H,6-7,10-11,13H2,1-3H3,(H,29,30,32). The molecule has 0 spiro atoms. The summed E-state index contributed by atoms with van der Waals surface area (Å²) in [6, 6.07) is 9.35. The molecule has 1 saturated carbocycles. The topological polar surface area (TPSA) is 89.7 Å². The minimum absolute atomic E-state index is 0.0762. The van der Waals surface area contributed by atoms with E-state index in [9.17, 15) is 9.18 Å². The van der Waals surface area contributed by atoms with E-state index in [1.807, 2.05) is 26.8 Å². The lowest BCUT2D eigenvalue weighted by Gasteiger charge is -2.20. The van der Waals surface area contributed by atoms with Gasteiger partial charge in [-0.1, -0.05) is 26.8 Å². The van der Waals surface area contributed by atoms with Gasteiger partial charge in [0.05, 0.1) is 11.7 Å². The number of hydrogen-bond donors (Lipinski definition) is 2. The van der Waals surface area contributed by atoms with E-state index in [1.165, 1.54) is 17.2 Å². The summed E-state index contributed by atoms with van der Waals surface area (Å²) in [5.41, 5.74) is 3.66. The van der Waals surface area contributed by atoms with Crippen molar-refractivity contribution >= 4 is 22.7 Å². The first-order chi connectivity index (χ1) is 16.8. The van der Waals surface area contributed by atoms with E-state index in [0.29, 0.717) is 28.5 Å². The summed E-state index contributed by atoms with van der Waals surface area (Å²) < 4.78 is 18.0. The van der Waals surface area contributed by atoms with Crippen LogP contribution in [0.1, 0.15) is 56.5 Å². The lowest BCUT2D eigenvalue weighted by Crippen LogP contribution is -2.23. The summed E-state index contributed by atoms with van der Waals surface area (Å²) in [4.78, 5) is 27.1. The molecule has 4 heterocycles. The molecule has 1 aliphatic heterocycles. The molecular formula is C26H28FN7O. The molecule has 2 N–H and O–H groups in total. The van der Waals surface area contributed by atoms with Gasteiger partial charge in [-0.05, 0) is 61.2 Å². The van der Waals surface area contributed by atoms with Gasteiger partial charge in [-0.15, -0.1) is 0 Å². The molecule has 1 fully saturated rings. The normalized spacial score (nSPS) is 15.9. The highest BCUT2D eigenvalue weighted by molar-refractivity contribution is 5.77.